The van der Waals surface area contributed by atoms with E-state index >= 15 is 0 Å². The van der Waals surface area contributed by atoms with Crippen LogP contribution in [0, 0.1) is 11.8 Å². The second-order valence-electron chi connectivity index (χ2n) is 7.29. The molecule has 11 nitrogen and oxygen atoms in total. The van der Waals surface area contributed by atoms with E-state index < -0.39 is 67.0 Å². The zero-order chi connectivity index (χ0) is 22.0. The van der Waals surface area contributed by atoms with Gasteiger partial charge in [0, 0.05) is 0 Å². The fourth-order valence-electron chi connectivity index (χ4n) is 2.32. The summed E-state index contributed by atoms with van der Waals surface area (Å²) in [6.45, 7) is 5.36. The van der Waals surface area contributed by atoms with E-state index in [-0.39, 0.29) is 5.92 Å². The van der Waals surface area contributed by atoms with Crippen molar-refractivity contribution in [1.82, 2.24) is 16.0 Å². The molecule has 8 N–H and O–H groups in total. The van der Waals surface area contributed by atoms with E-state index in [1.807, 2.05) is 13.8 Å². The molecule has 0 aromatic heterocycles. The van der Waals surface area contributed by atoms with Crippen LogP contribution in [0.25, 0.3) is 0 Å². The van der Waals surface area contributed by atoms with E-state index in [1.54, 1.807) is 13.8 Å². The maximum absolute atomic E-state index is 12.2. The van der Waals surface area contributed by atoms with E-state index in [9.17, 15) is 29.4 Å². The molecule has 0 radical (unpaired) electrons. The van der Waals surface area contributed by atoms with Gasteiger partial charge in [0.1, 0.15) is 18.1 Å². The standard InChI is InChI=1S/C17H32N4O7/c1-8(2)5-10(18)14(24)19-11(6-22)15(25)20-12(7-23)16(26)21-13(9(3)4)17(27)28/h8-13,22-23H,5-7,18H2,1-4H3,(H,19,24)(H,20,25)(H,21,26)(H,27,28). The van der Waals surface area contributed by atoms with Gasteiger partial charge in [-0.05, 0) is 18.3 Å². The van der Waals surface area contributed by atoms with Gasteiger partial charge in [-0.1, -0.05) is 27.7 Å². The molecule has 0 bridgehead atoms. The number of nitrogens with one attached hydrogen (secondary N) is 3. The molecule has 3 amide bonds. The molecule has 0 fully saturated rings. The van der Waals surface area contributed by atoms with Gasteiger partial charge in [0.25, 0.3) is 0 Å². The molecule has 0 aromatic carbocycles. The van der Waals surface area contributed by atoms with Crippen LogP contribution in [0.1, 0.15) is 34.1 Å². The fourth-order valence-corrected chi connectivity index (χ4v) is 2.32. The Balaban J connectivity index is 4.97. The van der Waals surface area contributed by atoms with E-state index in [0.717, 1.165) is 0 Å². The van der Waals surface area contributed by atoms with Crippen LogP contribution < -0.4 is 21.7 Å². The largest absolute Gasteiger partial charge is 0.480 e. The van der Waals surface area contributed by atoms with Crippen molar-refractivity contribution in [3.8, 4) is 0 Å². The molecular formula is C17H32N4O7. The monoisotopic (exact) mass is 404 g/mol. The minimum atomic E-state index is -1.46. The van der Waals surface area contributed by atoms with Crippen LogP contribution in [0.15, 0.2) is 0 Å². The van der Waals surface area contributed by atoms with Gasteiger partial charge in [0.05, 0.1) is 19.3 Å². The first-order valence-corrected chi connectivity index (χ1v) is 9.05. The second kappa shape index (κ2) is 12.3. The first kappa shape index (κ1) is 25.8. The SMILES string of the molecule is CC(C)CC(N)C(=O)NC(CO)C(=O)NC(CO)C(=O)NC(C(=O)O)C(C)C. The molecule has 0 heterocycles. The maximum atomic E-state index is 12.2. The Labute approximate surface area is 164 Å². The highest BCUT2D eigenvalue weighted by atomic mass is 16.4. The summed E-state index contributed by atoms with van der Waals surface area (Å²) in [7, 11) is 0. The number of rotatable bonds is 12. The topological polar surface area (TPSA) is 191 Å². The number of hydrogen-bond donors (Lipinski definition) is 7. The first-order valence-electron chi connectivity index (χ1n) is 9.05. The molecule has 0 saturated heterocycles. The average molecular weight is 404 g/mol. The van der Waals surface area contributed by atoms with Crippen molar-refractivity contribution < 1.29 is 34.5 Å². The number of carboxylic acid groups (broad SMARTS) is 1. The van der Waals surface area contributed by atoms with Crippen molar-refractivity contribution in [1.29, 1.82) is 0 Å². The summed E-state index contributed by atoms with van der Waals surface area (Å²) in [6.07, 6.45) is 0.374. The number of amides is 3. The first-order chi connectivity index (χ1) is 12.9. The number of aliphatic hydroxyl groups excluding tert-OH is 2. The third kappa shape index (κ3) is 8.63. The molecule has 28 heavy (non-hydrogen) atoms. The smallest absolute Gasteiger partial charge is 0.326 e. The number of nitrogens with two attached hydrogens (primary N) is 1. The minimum Gasteiger partial charge on any atom is -0.480 e. The zero-order valence-corrected chi connectivity index (χ0v) is 16.6. The van der Waals surface area contributed by atoms with E-state index in [0.29, 0.717) is 6.42 Å². The minimum absolute atomic E-state index is 0.146. The Morgan fingerprint density at radius 2 is 1.25 bits per heavy atom. The predicted octanol–water partition coefficient (Wildman–Crippen LogP) is -2.46. The lowest BCUT2D eigenvalue weighted by Gasteiger charge is -2.24. The molecule has 162 valence electrons. The normalized spacial score (nSPS) is 15.5. The zero-order valence-electron chi connectivity index (χ0n) is 16.6. The Bertz CT molecular complexity index is 554. The van der Waals surface area contributed by atoms with Crippen LogP contribution in [-0.4, -0.2) is 76.4 Å². The summed E-state index contributed by atoms with van der Waals surface area (Å²) in [5.74, 6) is -4.00. The van der Waals surface area contributed by atoms with Crippen molar-refractivity contribution in [2.45, 2.75) is 58.3 Å². The lowest BCUT2D eigenvalue weighted by atomic mass is 10.0. The summed E-state index contributed by atoms with van der Waals surface area (Å²) in [5.41, 5.74) is 5.72. The average Bonchev–Trinajstić information content (AvgIpc) is 2.59. The second-order valence-corrected chi connectivity index (χ2v) is 7.29. The van der Waals surface area contributed by atoms with Crippen LogP contribution in [0.5, 0.6) is 0 Å². The Morgan fingerprint density at radius 1 is 0.821 bits per heavy atom. The molecule has 4 unspecified atom stereocenters. The molecule has 0 spiro atoms. The quantitative estimate of drug-likeness (QED) is 0.186. The van der Waals surface area contributed by atoms with Gasteiger partial charge in [-0.15, -0.1) is 0 Å². The number of aliphatic carboxylic acids is 1. The Hall–Kier alpha value is -2.24. The maximum Gasteiger partial charge on any atom is 0.326 e. The highest BCUT2D eigenvalue weighted by Crippen LogP contribution is 2.04. The van der Waals surface area contributed by atoms with E-state index in [2.05, 4.69) is 16.0 Å². The van der Waals surface area contributed by atoms with Crippen LogP contribution in [0.3, 0.4) is 0 Å². The molecule has 0 aliphatic rings. The van der Waals surface area contributed by atoms with Gasteiger partial charge in [-0.3, -0.25) is 14.4 Å². The molecule has 0 aromatic rings. The summed E-state index contributed by atoms with van der Waals surface area (Å²) in [6, 6.07) is -4.92. The van der Waals surface area contributed by atoms with Gasteiger partial charge in [0.2, 0.25) is 17.7 Å². The van der Waals surface area contributed by atoms with Gasteiger partial charge in [0.15, 0.2) is 0 Å². The number of hydrogen-bond acceptors (Lipinski definition) is 7. The van der Waals surface area contributed by atoms with Gasteiger partial charge in [-0.2, -0.15) is 0 Å². The number of carboxylic acids is 1. The number of aliphatic hydroxyl groups is 2. The third-order valence-corrected chi connectivity index (χ3v) is 3.92. The van der Waals surface area contributed by atoms with Crippen LogP contribution in [0.2, 0.25) is 0 Å². The third-order valence-electron chi connectivity index (χ3n) is 3.92. The molecule has 0 rings (SSSR count). The van der Waals surface area contributed by atoms with Gasteiger partial charge < -0.3 is 37.0 Å². The van der Waals surface area contributed by atoms with Crippen molar-refractivity contribution in [2.75, 3.05) is 13.2 Å². The molecular weight excluding hydrogens is 372 g/mol. The summed E-state index contributed by atoms with van der Waals surface area (Å²) in [5, 5.41) is 34.5. The Morgan fingerprint density at radius 3 is 1.61 bits per heavy atom. The summed E-state index contributed by atoms with van der Waals surface area (Å²) >= 11 is 0. The van der Waals surface area contributed by atoms with E-state index in [4.69, 9.17) is 10.8 Å². The van der Waals surface area contributed by atoms with E-state index in [1.165, 1.54) is 0 Å². The fraction of sp³-hybridized carbons (Fsp3) is 0.765. The molecule has 0 aliphatic carbocycles. The lowest BCUT2D eigenvalue weighted by molar-refractivity contribution is -0.143. The Kier molecular flexibility index (Phi) is 11.3. The molecule has 4 atom stereocenters. The highest BCUT2D eigenvalue weighted by molar-refractivity contribution is 5.94. The van der Waals surface area contributed by atoms with Crippen molar-refractivity contribution in [3.63, 3.8) is 0 Å². The van der Waals surface area contributed by atoms with Crippen LogP contribution in [-0.2, 0) is 19.2 Å². The molecule has 0 saturated carbocycles. The number of carbonyl (C=O) groups excluding carboxylic acids is 3. The van der Waals surface area contributed by atoms with Crippen LogP contribution in [0.4, 0.5) is 0 Å². The van der Waals surface area contributed by atoms with Crippen molar-refractivity contribution in [3.05, 3.63) is 0 Å². The van der Waals surface area contributed by atoms with Gasteiger partial charge >= 0.3 is 5.97 Å². The number of carbonyl (C=O) groups is 4. The lowest BCUT2D eigenvalue weighted by Crippen LogP contribution is -2.59. The summed E-state index contributed by atoms with van der Waals surface area (Å²) in [4.78, 5) is 47.6. The summed E-state index contributed by atoms with van der Waals surface area (Å²) < 4.78 is 0. The highest BCUT2D eigenvalue weighted by Gasteiger charge is 2.30. The van der Waals surface area contributed by atoms with Crippen molar-refractivity contribution in [2.24, 2.45) is 17.6 Å². The molecule has 0 aliphatic heterocycles. The predicted molar refractivity (Wildman–Crippen MR) is 99.9 cm³/mol. The van der Waals surface area contributed by atoms with Crippen LogP contribution >= 0.6 is 0 Å². The van der Waals surface area contributed by atoms with Gasteiger partial charge in [-0.25, -0.2) is 4.79 Å². The van der Waals surface area contributed by atoms with Crippen molar-refractivity contribution >= 4 is 23.7 Å². The molecule has 11 heteroatoms.